The number of para-hydroxylation sites is 2. The lowest BCUT2D eigenvalue weighted by atomic mass is 10.2. The number of benzene rings is 2. The molecule has 1 heterocycles. The number of urea groups is 1. The fraction of sp³-hybridized carbons (Fsp3) is 0.118. The number of hydrogen-bond donors (Lipinski definition) is 2. The monoisotopic (exact) mass is 341 g/mol. The van der Waals surface area contributed by atoms with Crippen LogP contribution in [0.4, 0.5) is 15.6 Å². The van der Waals surface area contributed by atoms with E-state index >= 15 is 0 Å². The van der Waals surface area contributed by atoms with Gasteiger partial charge in [0.1, 0.15) is 0 Å². The van der Waals surface area contributed by atoms with Gasteiger partial charge in [-0.15, -0.1) is 0 Å². The third-order valence-electron chi connectivity index (χ3n) is 3.18. The van der Waals surface area contributed by atoms with E-state index in [0.29, 0.717) is 16.4 Å². The van der Waals surface area contributed by atoms with Crippen LogP contribution in [-0.4, -0.2) is 23.6 Å². The molecule has 7 heteroatoms. The first-order valence-corrected chi connectivity index (χ1v) is 8.18. The quantitative estimate of drug-likeness (QED) is 0.700. The molecule has 0 unspecified atom stereocenters. The highest BCUT2D eigenvalue weighted by atomic mass is 32.1. The number of hydrogen-bond acceptors (Lipinski definition) is 5. The second-order valence-electron chi connectivity index (χ2n) is 4.83. The third kappa shape index (κ3) is 3.52. The molecule has 6 nitrogen and oxygen atoms in total. The average Bonchev–Trinajstić information content (AvgIpc) is 2.97. The summed E-state index contributed by atoms with van der Waals surface area (Å²) in [4.78, 5) is 28.4. The topological polar surface area (TPSA) is 80.3 Å². The maximum absolute atomic E-state index is 12.2. The van der Waals surface area contributed by atoms with E-state index in [4.69, 9.17) is 4.74 Å². The summed E-state index contributed by atoms with van der Waals surface area (Å²) in [5, 5.41) is 5.83. The van der Waals surface area contributed by atoms with Crippen LogP contribution in [0.1, 0.15) is 17.3 Å². The Labute approximate surface area is 142 Å². The van der Waals surface area contributed by atoms with Crippen LogP contribution in [0.25, 0.3) is 10.2 Å². The molecule has 1 aromatic heterocycles. The molecule has 2 amide bonds. The summed E-state index contributed by atoms with van der Waals surface area (Å²) >= 11 is 1.38. The fourth-order valence-electron chi connectivity index (χ4n) is 2.16. The number of rotatable bonds is 4. The van der Waals surface area contributed by atoms with Gasteiger partial charge in [0.15, 0.2) is 5.13 Å². The number of nitrogens with one attached hydrogen (secondary N) is 2. The molecular weight excluding hydrogens is 326 g/mol. The van der Waals surface area contributed by atoms with Crippen molar-refractivity contribution >= 4 is 44.4 Å². The van der Waals surface area contributed by atoms with Crippen molar-refractivity contribution in [3.63, 3.8) is 0 Å². The van der Waals surface area contributed by atoms with E-state index in [2.05, 4.69) is 15.6 Å². The molecule has 122 valence electrons. The highest BCUT2D eigenvalue weighted by Crippen LogP contribution is 2.25. The molecule has 0 saturated heterocycles. The molecule has 0 saturated carbocycles. The summed E-state index contributed by atoms with van der Waals surface area (Å²) in [5.74, 6) is -0.478. The number of anilines is 2. The van der Waals surface area contributed by atoms with Gasteiger partial charge >= 0.3 is 12.0 Å². The largest absolute Gasteiger partial charge is 0.462 e. The standard InChI is InChI=1S/C17H15N3O3S/c1-2-23-15(21)11-7-3-4-8-12(11)18-16(22)20-17-19-13-9-5-6-10-14(13)24-17/h3-10H,2H2,1H3,(H2,18,19,20,22). The minimum absolute atomic E-state index is 0.269. The van der Waals surface area contributed by atoms with Gasteiger partial charge in [0.25, 0.3) is 0 Å². The Morgan fingerprint density at radius 2 is 1.83 bits per heavy atom. The smallest absolute Gasteiger partial charge is 0.340 e. The Kier molecular flexibility index (Phi) is 4.72. The minimum Gasteiger partial charge on any atom is -0.462 e. The van der Waals surface area contributed by atoms with E-state index in [1.165, 1.54) is 11.3 Å². The van der Waals surface area contributed by atoms with Crippen LogP contribution in [0, 0.1) is 0 Å². The number of nitrogens with zero attached hydrogens (tertiary/aromatic N) is 1. The molecule has 0 spiro atoms. The van der Waals surface area contributed by atoms with Gasteiger partial charge in [-0.1, -0.05) is 35.6 Å². The molecule has 3 aromatic rings. The Morgan fingerprint density at radius 1 is 1.08 bits per heavy atom. The number of esters is 1. The summed E-state index contributed by atoms with van der Waals surface area (Å²) in [6.45, 7) is 2.00. The number of ether oxygens (including phenoxy) is 1. The van der Waals surface area contributed by atoms with Crippen molar-refractivity contribution in [2.24, 2.45) is 0 Å². The summed E-state index contributed by atoms with van der Waals surface area (Å²) in [5.41, 5.74) is 1.51. The Balaban J connectivity index is 1.74. The van der Waals surface area contributed by atoms with Crippen molar-refractivity contribution < 1.29 is 14.3 Å². The van der Waals surface area contributed by atoms with E-state index in [-0.39, 0.29) is 6.61 Å². The van der Waals surface area contributed by atoms with Gasteiger partial charge in [-0.3, -0.25) is 5.32 Å². The Hall–Kier alpha value is -2.93. The zero-order valence-corrected chi connectivity index (χ0v) is 13.7. The number of carbonyl (C=O) groups is 2. The SMILES string of the molecule is CCOC(=O)c1ccccc1NC(=O)Nc1nc2ccccc2s1. The lowest BCUT2D eigenvalue weighted by molar-refractivity contribution is 0.0527. The maximum atomic E-state index is 12.2. The van der Waals surface area contributed by atoms with Gasteiger partial charge < -0.3 is 10.1 Å². The van der Waals surface area contributed by atoms with Crippen molar-refractivity contribution in [1.29, 1.82) is 0 Å². The van der Waals surface area contributed by atoms with Crippen molar-refractivity contribution in [2.75, 3.05) is 17.2 Å². The van der Waals surface area contributed by atoms with Crippen molar-refractivity contribution in [3.05, 3.63) is 54.1 Å². The van der Waals surface area contributed by atoms with Gasteiger partial charge in [-0.05, 0) is 31.2 Å². The lowest BCUT2D eigenvalue weighted by Crippen LogP contribution is -2.21. The van der Waals surface area contributed by atoms with Crippen molar-refractivity contribution in [2.45, 2.75) is 6.92 Å². The summed E-state index contributed by atoms with van der Waals surface area (Å²) < 4.78 is 5.97. The Bertz CT molecular complexity index is 858. The highest BCUT2D eigenvalue weighted by Gasteiger charge is 2.14. The molecule has 0 aliphatic rings. The van der Waals surface area contributed by atoms with Crippen LogP contribution in [0.15, 0.2) is 48.5 Å². The molecule has 3 rings (SSSR count). The molecular formula is C17H15N3O3S. The number of aromatic nitrogens is 1. The summed E-state index contributed by atoms with van der Waals surface area (Å²) in [6.07, 6.45) is 0. The van der Waals surface area contributed by atoms with E-state index in [1.54, 1.807) is 31.2 Å². The molecule has 0 radical (unpaired) electrons. The van der Waals surface area contributed by atoms with E-state index < -0.39 is 12.0 Å². The minimum atomic E-state index is -0.478. The molecule has 24 heavy (non-hydrogen) atoms. The van der Waals surface area contributed by atoms with Crippen LogP contribution in [0.3, 0.4) is 0 Å². The zero-order chi connectivity index (χ0) is 16.9. The van der Waals surface area contributed by atoms with Crippen molar-refractivity contribution in [3.8, 4) is 0 Å². The van der Waals surface area contributed by atoms with Crippen LogP contribution in [0.2, 0.25) is 0 Å². The normalized spacial score (nSPS) is 10.4. The molecule has 2 aromatic carbocycles. The van der Waals surface area contributed by atoms with Gasteiger partial charge in [0.2, 0.25) is 0 Å². The van der Waals surface area contributed by atoms with E-state index in [1.807, 2.05) is 24.3 Å². The summed E-state index contributed by atoms with van der Waals surface area (Å²) in [6, 6.07) is 13.8. The second kappa shape index (κ2) is 7.10. The number of fused-ring (bicyclic) bond motifs is 1. The number of amides is 2. The highest BCUT2D eigenvalue weighted by molar-refractivity contribution is 7.22. The third-order valence-corrected chi connectivity index (χ3v) is 4.14. The average molecular weight is 341 g/mol. The first-order valence-electron chi connectivity index (χ1n) is 7.37. The van der Waals surface area contributed by atoms with Crippen LogP contribution in [0.5, 0.6) is 0 Å². The predicted molar refractivity (Wildman–Crippen MR) is 94.7 cm³/mol. The number of thiazole rings is 1. The van der Waals surface area contributed by atoms with E-state index in [0.717, 1.165) is 10.2 Å². The summed E-state index contributed by atoms with van der Waals surface area (Å²) in [7, 11) is 0. The van der Waals surface area contributed by atoms with Crippen LogP contribution in [-0.2, 0) is 4.74 Å². The van der Waals surface area contributed by atoms with Crippen LogP contribution < -0.4 is 10.6 Å². The molecule has 0 bridgehead atoms. The second-order valence-corrected chi connectivity index (χ2v) is 5.86. The molecule has 0 fully saturated rings. The fourth-order valence-corrected chi connectivity index (χ4v) is 3.02. The molecule has 0 aliphatic heterocycles. The lowest BCUT2D eigenvalue weighted by Gasteiger charge is -2.10. The van der Waals surface area contributed by atoms with Gasteiger partial charge in [-0.25, -0.2) is 14.6 Å². The predicted octanol–water partition coefficient (Wildman–Crippen LogP) is 4.12. The first kappa shape index (κ1) is 15.9. The zero-order valence-electron chi connectivity index (χ0n) is 12.9. The molecule has 2 N–H and O–H groups in total. The molecule has 0 aliphatic carbocycles. The maximum Gasteiger partial charge on any atom is 0.340 e. The van der Waals surface area contributed by atoms with Gasteiger partial charge in [0, 0.05) is 0 Å². The number of carbonyl (C=O) groups excluding carboxylic acids is 2. The molecule has 0 atom stereocenters. The first-order chi connectivity index (χ1) is 11.7. The van der Waals surface area contributed by atoms with Gasteiger partial charge in [0.05, 0.1) is 28.1 Å². The Morgan fingerprint density at radius 3 is 2.62 bits per heavy atom. The van der Waals surface area contributed by atoms with Crippen molar-refractivity contribution in [1.82, 2.24) is 4.98 Å². The van der Waals surface area contributed by atoms with Gasteiger partial charge in [-0.2, -0.15) is 0 Å². The van der Waals surface area contributed by atoms with Crippen LogP contribution >= 0.6 is 11.3 Å². The van der Waals surface area contributed by atoms with E-state index in [9.17, 15) is 9.59 Å².